The number of nitrogens with zero attached hydrogens (tertiary/aromatic N) is 1. The highest BCUT2D eigenvalue weighted by Crippen LogP contribution is 2.29. The molecule has 1 aromatic heterocycles. The minimum atomic E-state index is -0.304. The lowest BCUT2D eigenvalue weighted by molar-refractivity contribution is -0.916. The molecule has 0 spiro atoms. The zero-order valence-corrected chi connectivity index (χ0v) is 13.5. The Bertz CT molecular complexity index is 376. The van der Waals surface area contributed by atoms with Crippen molar-refractivity contribution in [1.29, 1.82) is 0 Å². The summed E-state index contributed by atoms with van der Waals surface area (Å²) in [5.74, 6) is 0.777. The zero-order valence-electron chi connectivity index (χ0n) is 11.4. The highest BCUT2D eigenvalue weighted by molar-refractivity contribution is 5.00. The van der Waals surface area contributed by atoms with Crippen molar-refractivity contribution >= 4 is 0 Å². The van der Waals surface area contributed by atoms with Crippen molar-refractivity contribution < 1.29 is 42.4 Å². The largest absolute Gasteiger partial charge is 1.00 e. The van der Waals surface area contributed by atoms with Gasteiger partial charge in [-0.25, -0.2) is 0 Å². The van der Waals surface area contributed by atoms with Gasteiger partial charge in [0.05, 0.1) is 33.0 Å². The molecule has 2 atom stereocenters. The van der Waals surface area contributed by atoms with Gasteiger partial charge < -0.3 is 42.4 Å². The van der Waals surface area contributed by atoms with E-state index in [1.54, 1.807) is 6.26 Å². The highest BCUT2D eigenvalue weighted by atomic mass is 127. The fraction of sp³-hybridized carbons (Fsp3) is 0.714. The van der Waals surface area contributed by atoms with Crippen LogP contribution in [0.3, 0.4) is 0 Å². The summed E-state index contributed by atoms with van der Waals surface area (Å²) < 4.78 is 18.1. The molecule has 0 amide bonds. The van der Waals surface area contributed by atoms with Gasteiger partial charge in [0.1, 0.15) is 12.6 Å². The zero-order chi connectivity index (χ0) is 12.4. The first kappa shape index (κ1) is 15.3. The summed E-state index contributed by atoms with van der Waals surface area (Å²) in [5, 5.41) is 0. The number of ether oxygens (including phenoxy) is 2. The molecule has 2 unspecified atom stereocenters. The number of likely N-dealkylation sites (tertiary alicyclic amines) is 1. The minimum Gasteiger partial charge on any atom is -1.00 e. The van der Waals surface area contributed by atoms with Crippen molar-refractivity contribution in [2.75, 3.05) is 33.3 Å². The van der Waals surface area contributed by atoms with Crippen LogP contribution >= 0.6 is 0 Å². The molecule has 0 bridgehead atoms. The minimum absolute atomic E-state index is 0. The Balaban J connectivity index is 0.00000133. The number of likely N-dealkylation sites (N-methyl/N-ethyl adjacent to an activating group) is 1. The maximum atomic E-state index is 5.94. The normalized spacial score (nSPS) is 29.9. The summed E-state index contributed by atoms with van der Waals surface area (Å²) in [6, 6.07) is 3.78. The van der Waals surface area contributed by atoms with Gasteiger partial charge in [0.2, 0.25) is 6.29 Å². The van der Waals surface area contributed by atoms with Crippen LogP contribution in [0.5, 0.6) is 0 Å². The Morgan fingerprint density at radius 2 is 2.05 bits per heavy atom. The van der Waals surface area contributed by atoms with Gasteiger partial charge in [-0.1, -0.05) is 0 Å². The van der Waals surface area contributed by atoms with Crippen molar-refractivity contribution in [2.45, 2.75) is 31.7 Å². The van der Waals surface area contributed by atoms with Crippen molar-refractivity contribution in [1.82, 2.24) is 0 Å². The van der Waals surface area contributed by atoms with E-state index in [1.807, 2.05) is 12.1 Å². The van der Waals surface area contributed by atoms with E-state index >= 15 is 0 Å². The van der Waals surface area contributed by atoms with E-state index in [1.165, 1.54) is 32.4 Å². The third kappa shape index (κ3) is 3.71. The highest BCUT2D eigenvalue weighted by Gasteiger charge is 2.36. The molecule has 0 radical (unpaired) electrons. The van der Waals surface area contributed by atoms with E-state index < -0.39 is 0 Å². The summed E-state index contributed by atoms with van der Waals surface area (Å²) in [4.78, 5) is 0. The molecule has 0 saturated carbocycles. The van der Waals surface area contributed by atoms with Crippen LogP contribution in [0.1, 0.15) is 31.3 Å². The second-order valence-electron chi connectivity index (χ2n) is 5.75. The van der Waals surface area contributed by atoms with E-state index in [0.29, 0.717) is 6.61 Å². The van der Waals surface area contributed by atoms with Gasteiger partial charge in [-0.05, 0) is 31.4 Å². The Kier molecular flexibility index (Phi) is 5.28. The van der Waals surface area contributed by atoms with Crippen molar-refractivity contribution in [2.24, 2.45) is 0 Å². The Morgan fingerprint density at radius 3 is 2.74 bits per heavy atom. The molecule has 0 aliphatic carbocycles. The van der Waals surface area contributed by atoms with Gasteiger partial charge in [-0.3, -0.25) is 0 Å². The Morgan fingerprint density at radius 1 is 1.26 bits per heavy atom. The number of hydrogen-bond donors (Lipinski definition) is 0. The van der Waals surface area contributed by atoms with Crippen LogP contribution in [0.4, 0.5) is 0 Å². The monoisotopic (exact) mass is 379 g/mol. The first-order valence-corrected chi connectivity index (χ1v) is 6.89. The topological polar surface area (TPSA) is 31.6 Å². The maximum absolute atomic E-state index is 5.94. The van der Waals surface area contributed by atoms with Gasteiger partial charge in [0.25, 0.3) is 0 Å². The van der Waals surface area contributed by atoms with Crippen LogP contribution in [-0.2, 0) is 9.47 Å². The summed E-state index contributed by atoms with van der Waals surface area (Å²) in [7, 11) is 2.34. The standard InChI is InChI=1S/C14H22NO3.HI/c1-15(7-3-2-4-8-15)10-12-11-17-14(18-12)13-6-5-9-16-13;/h5-6,9,12,14H,2-4,7-8,10-11H2,1H3;1H/q+1;/p-1. The smallest absolute Gasteiger partial charge is 0.217 e. The predicted molar refractivity (Wildman–Crippen MR) is 66.9 cm³/mol. The maximum Gasteiger partial charge on any atom is 0.217 e. The second-order valence-corrected chi connectivity index (χ2v) is 5.75. The van der Waals surface area contributed by atoms with Crippen LogP contribution in [0.25, 0.3) is 0 Å². The van der Waals surface area contributed by atoms with Gasteiger partial charge in [0, 0.05) is 0 Å². The number of furan rings is 1. The fourth-order valence-electron chi connectivity index (χ4n) is 3.07. The first-order chi connectivity index (χ1) is 8.75. The van der Waals surface area contributed by atoms with E-state index in [-0.39, 0.29) is 36.4 Å². The molecule has 108 valence electrons. The van der Waals surface area contributed by atoms with Crippen LogP contribution in [0, 0.1) is 0 Å². The summed E-state index contributed by atoms with van der Waals surface area (Å²) in [6.45, 7) is 4.27. The average molecular weight is 379 g/mol. The first-order valence-electron chi connectivity index (χ1n) is 6.89. The number of hydrogen-bond acceptors (Lipinski definition) is 3. The van der Waals surface area contributed by atoms with Crippen LogP contribution in [-0.4, -0.2) is 43.9 Å². The molecular weight excluding hydrogens is 357 g/mol. The van der Waals surface area contributed by atoms with Crippen LogP contribution in [0.2, 0.25) is 0 Å². The lowest BCUT2D eigenvalue weighted by atomic mass is 10.1. The summed E-state index contributed by atoms with van der Waals surface area (Å²) >= 11 is 0. The molecule has 1 aromatic rings. The Labute approximate surface area is 131 Å². The van der Waals surface area contributed by atoms with Crippen molar-refractivity contribution in [3.05, 3.63) is 24.2 Å². The molecule has 19 heavy (non-hydrogen) atoms. The molecule has 2 aliphatic rings. The summed E-state index contributed by atoms with van der Waals surface area (Å²) in [6.07, 6.45) is 5.61. The molecule has 3 rings (SSSR count). The SMILES string of the molecule is C[N+]1(CC2COC(c3ccco3)O2)CCCCC1.[I-]. The van der Waals surface area contributed by atoms with Gasteiger partial charge in [0.15, 0.2) is 5.76 Å². The molecule has 0 N–H and O–H groups in total. The molecule has 2 fully saturated rings. The lowest BCUT2D eigenvalue weighted by Crippen LogP contribution is -3.00. The van der Waals surface area contributed by atoms with E-state index in [4.69, 9.17) is 13.9 Å². The van der Waals surface area contributed by atoms with Crippen LogP contribution in [0.15, 0.2) is 22.8 Å². The second kappa shape index (κ2) is 6.56. The molecule has 4 nitrogen and oxygen atoms in total. The van der Waals surface area contributed by atoms with Gasteiger partial charge in [-0.2, -0.15) is 0 Å². The van der Waals surface area contributed by atoms with E-state index in [9.17, 15) is 0 Å². The number of halogens is 1. The van der Waals surface area contributed by atoms with E-state index in [2.05, 4.69) is 7.05 Å². The number of rotatable bonds is 3. The van der Waals surface area contributed by atoms with Gasteiger partial charge >= 0.3 is 0 Å². The quantitative estimate of drug-likeness (QED) is 0.516. The third-order valence-electron chi connectivity index (χ3n) is 4.07. The fourth-order valence-corrected chi connectivity index (χ4v) is 3.07. The van der Waals surface area contributed by atoms with E-state index in [0.717, 1.165) is 16.8 Å². The molecule has 5 heteroatoms. The number of piperidine rings is 1. The van der Waals surface area contributed by atoms with Crippen molar-refractivity contribution in [3.8, 4) is 0 Å². The molecular formula is C14H22INO3. The predicted octanol–water partition coefficient (Wildman–Crippen LogP) is -0.672. The molecule has 2 aliphatic heterocycles. The molecule has 2 saturated heterocycles. The molecule has 3 heterocycles. The van der Waals surface area contributed by atoms with Crippen LogP contribution < -0.4 is 24.0 Å². The number of quaternary nitrogens is 1. The summed E-state index contributed by atoms with van der Waals surface area (Å²) in [5.41, 5.74) is 0. The molecule has 0 aromatic carbocycles. The lowest BCUT2D eigenvalue weighted by Gasteiger charge is -2.39. The van der Waals surface area contributed by atoms with Crippen molar-refractivity contribution in [3.63, 3.8) is 0 Å². The Hall–Kier alpha value is -0.110. The third-order valence-corrected chi connectivity index (χ3v) is 4.07. The van der Waals surface area contributed by atoms with Gasteiger partial charge in [-0.15, -0.1) is 0 Å². The average Bonchev–Trinajstić information content (AvgIpc) is 2.99.